The Balaban J connectivity index is 1.34. The van der Waals surface area contributed by atoms with Crippen molar-refractivity contribution in [2.24, 2.45) is 16.6 Å². The van der Waals surface area contributed by atoms with E-state index in [1.54, 1.807) is 12.1 Å². The van der Waals surface area contributed by atoms with Gasteiger partial charge in [-0.15, -0.1) is 13.2 Å². The number of hydrogen-bond donors (Lipinski definition) is 3. The number of amidine groups is 1. The Morgan fingerprint density at radius 3 is 2.57 bits per heavy atom. The normalized spacial score (nSPS) is 24.3. The lowest BCUT2D eigenvalue weighted by Crippen LogP contribution is -2.57. The topological polar surface area (TPSA) is 74.9 Å². The molecule has 0 bridgehead atoms. The first-order valence-corrected chi connectivity index (χ1v) is 12.5. The number of ether oxygens (including phenoxy) is 1. The van der Waals surface area contributed by atoms with Gasteiger partial charge in [0.15, 0.2) is 5.79 Å². The van der Waals surface area contributed by atoms with Crippen LogP contribution in [0.4, 0.5) is 18.9 Å². The number of aliphatic imine (C=N–C) groups is 1. The van der Waals surface area contributed by atoms with Crippen LogP contribution < -0.4 is 21.1 Å². The highest BCUT2D eigenvalue weighted by atomic mass is 79.9. The van der Waals surface area contributed by atoms with Crippen LogP contribution in [0.15, 0.2) is 51.9 Å². The highest BCUT2D eigenvalue weighted by molar-refractivity contribution is 9.10. The van der Waals surface area contributed by atoms with Crippen molar-refractivity contribution in [3.05, 3.63) is 58.1 Å². The molecule has 0 amide bonds. The van der Waals surface area contributed by atoms with Crippen molar-refractivity contribution in [1.29, 1.82) is 0 Å². The van der Waals surface area contributed by atoms with E-state index in [1.807, 2.05) is 43.3 Å². The van der Waals surface area contributed by atoms with Crippen LogP contribution in [-0.4, -0.2) is 49.6 Å². The van der Waals surface area contributed by atoms with Gasteiger partial charge in [0, 0.05) is 41.8 Å². The summed E-state index contributed by atoms with van der Waals surface area (Å²) in [4.78, 5) is 6.92. The van der Waals surface area contributed by atoms with Crippen LogP contribution in [0.1, 0.15) is 36.8 Å². The molecular formula is C25H31BrF3N5O. The minimum Gasteiger partial charge on any atom is -0.405 e. The summed E-state index contributed by atoms with van der Waals surface area (Å²) in [5.41, 5.74) is 9.36. The van der Waals surface area contributed by atoms with E-state index in [9.17, 15) is 13.2 Å². The third kappa shape index (κ3) is 6.29. The van der Waals surface area contributed by atoms with E-state index in [-0.39, 0.29) is 17.7 Å². The maximum atomic E-state index is 12.8. The number of para-hydroxylation sites is 1. The molecule has 190 valence electrons. The molecule has 4 N–H and O–H groups in total. The lowest BCUT2D eigenvalue weighted by Gasteiger charge is -2.43. The molecule has 0 radical (unpaired) electrons. The third-order valence-corrected chi connectivity index (χ3v) is 7.14. The quantitative estimate of drug-likeness (QED) is 0.465. The van der Waals surface area contributed by atoms with E-state index in [1.165, 1.54) is 6.07 Å². The summed E-state index contributed by atoms with van der Waals surface area (Å²) in [5, 5.41) is 6.97. The van der Waals surface area contributed by atoms with Gasteiger partial charge in [0.2, 0.25) is 0 Å². The molecule has 35 heavy (non-hydrogen) atoms. The molecule has 4 rings (SSSR count). The second-order valence-electron chi connectivity index (χ2n) is 9.38. The van der Waals surface area contributed by atoms with Gasteiger partial charge >= 0.3 is 6.36 Å². The first-order valence-electron chi connectivity index (χ1n) is 11.8. The smallest absolute Gasteiger partial charge is 0.405 e. The number of nitrogens with zero attached hydrogens (tertiary/aromatic N) is 2. The highest BCUT2D eigenvalue weighted by Crippen LogP contribution is 2.37. The third-order valence-electron chi connectivity index (χ3n) is 6.65. The molecule has 1 aliphatic heterocycles. The number of hydrogen-bond acceptors (Lipinski definition) is 6. The minimum atomic E-state index is -4.72. The van der Waals surface area contributed by atoms with Gasteiger partial charge in [-0.1, -0.05) is 34.1 Å². The molecule has 2 aliphatic rings. The van der Waals surface area contributed by atoms with Crippen LogP contribution in [0.3, 0.4) is 0 Å². The summed E-state index contributed by atoms with van der Waals surface area (Å²) in [7, 11) is 3.94. The van der Waals surface area contributed by atoms with Crippen molar-refractivity contribution < 1.29 is 17.9 Å². The van der Waals surface area contributed by atoms with Crippen molar-refractivity contribution in [2.45, 2.75) is 50.3 Å². The molecule has 2 aromatic carbocycles. The van der Waals surface area contributed by atoms with Crippen LogP contribution in [-0.2, 0) is 6.42 Å². The Morgan fingerprint density at radius 2 is 1.89 bits per heavy atom. The van der Waals surface area contributed by atoms with E-state index in [4.69, 9.17) is 10.7 Å². The van der Waals surface area contributed by atoms with Gasteiger partial charge in [0.05, 0.1) is 0 Å². The molecule has 0 spiro atoms. The fourth-order valence-electron chi connectivity index (χ4n) is 4.90. The molecule has 10 heteroatoms. The molecule has 1 aliphatic carbocycles. The molecule has 6 nitrogen and oxygen atoms in total. The number of nitrogens with two attached hydrogens (primary N) is 1. The second-order valence-corrected chi connectivity index (χ2v) is 10.3. The van der Waals surface area contributed by atoms with E-state index in [2.05, 4.69) is 31.3 Å². The van der Waals surface area contributed by atoms with E-state index >= 15 is 0 Å². The van der Waals surface area contributed by atoms with Crippen molar-refractivity contribution in [1.82, 2.24) is 10.2 Å². The predicted octanol–water partition coefficient (Wildman–Crippen LogP) is 5.09. The Kier molecular flexibility index (Phi) is 7.63. The van der Waals surface area contributed by atoms with Gasteiger partial charge in [0.25, 0.3) is 0 Å². The molecule has 1 unspecified atom stereocenters. The molecule has 0 saturated heterocycles. The van der Waals surface area contributed by atoms with E-state index in [0.717, 1.165) is 42.8 Å². The molecular weight excluding hydrogens is 523 g/mol. The fourth-order valence-corrected chi connectivity index (χ4v) is 5.24. The first-order chi connectivity index (χ1) is 16.5. The summed E-state index contributed by atoms with van der Waals surface area (Å²) in [5.74, 6) is -0.00327. The Morgan fingerprint density at radius 1 is 1.17 bits per heavy atom. The average Bonchev–Trinajstić information content (AvgIpc) is 2.79. The Labute approximate surface area is 212 Å². The summed E-state index contributed by atoms with van der Waals surface area (Å²) < 4.78 is 43.0. The largest absolute Gasteiger partial charge is 0.573 e. The van der Waals surface area contributed by atoms with Crippen LogP contribution in [0.5, 0.6) is 5.75 Å². The first kappa shape index (κ1) is 25.8. The number of alkyl halides is 3. The Bertz CT molecular complexity index is 1070. The lowest BCUT2D eigenvalue weighted by atomic mass is 9.81. The van der Waals surface area contributed by atoms with Crippen molar-refractivity contribution in [3.8, 4) is 5.75 Å². The molecule has 2 aromatic rings. The van der Waals surface area contributed by atoms with Gasteiger partial charge in [-0.2, -0.15) is 0 Å². The van der Waals surface area contributed by atoms with Crippen LogP contribution in [0.2, 0.25) is 0 Å². The number of rotatable bonds is 6. The average molecular weight is 554 g/mol. The van der Waals surface area contributed by atoms with Crippen LogP contribution in [0, 0.1) is 5.92 Å². The summed E-state index contributed by atoms with van der Waals surface area (Å²) >= 11 is 3.21. The number of halogens is 4. The molecule has 1 saturated carbocycles. The van der Waals surface area contributed by atoms with Crippen LogP contribution >= 0.6 is 15.9 Å². The highest BCUT2D eigenvalue weighted by Gasteiger charge is 2.41. The van der Waals surface area contributed by atoms with Crippen LogP contribution in [0.25, 0.3) is 0 Å². The van der Waals surface area contributed by atoms with Crippen molar-refractivity contribution >= 4 is 27.5 Å². The fraction of sp³-hybridized carbons (Fsp3) is 0.480. The number of benzene rings is 2. The lowest BCUT2D eigenvalue weighted by molar-refractivity contribution is -0.274. The monoisotopic (exact) mass is 553 g/mol. The summed E-state index contributed by atoms with van der Waals surface area (Å²) in [6.07, 6.45) is -0.642. The maximum absolute atomic E-state index is 12.8. The van der Waals surface area contributed by atoms with Gasteiger partial charge in [-0.25, -0.2) is 4.99 Å². The zero-order valence-corrected chi connectivity index (χ0v) is 21.4. The van der Waals surface area contributed by atoms with Crippen molar-refractivity contribution in [2.75, 3.05) is 26.0 Å². The molecule has 1 atom stereocenters. The number of nitrogens with one attached hydrogen (secondary N) is 2. The van der Waals surface area contributed by atoms with E-state index in [0.29, 0.717) is 23.0 Å². The summed E-state index contributed by atoms with van der Waals surface area (Å²) in [6, 6.07) is 13.1. The summed E-state index contributed by atoms with van der Waals surface area (Å²) in [6.45, 7) is 0.563. The Hall–Kier alpha value is -2.30. The van der Waals surface area contributed by atoms with E-state index < -0.39 is 12.1 Å². The van der Waals surface area contributed by atoms with Crippen molar-refractivity contribution in [3.63, 3.8) is 0 Å². The second kappa shape index (κ2) is 10.4. The molecule has 1 heterocycles. The van der Waals surface area contributed by atoms with Gasteiger partial charge < -0.3 is 20.3 Å². The van der Waals surface area contributed by atoms with Gasteiger partial charge in [-0.05, 0) is 68.5 Å². The number of anilines is 1. The predicted molar refractivity (Wildman–Crippen MR) is 135 cm³/mol. The standard InChI is InChI=1S/C25H31BrF3N5O/c1-34(2)23-20-5-3-4-6-21(20)32-24(30,33-23)17-8-11-19(12-9-17)31-14-13-16-7-10-18(26)15-22(16)35-25(27,28)29/h3-7,10,15,17,19,31-32H,8-9,11-14,30H2,1-2H3. The molecule has 0 aromatic heterocycles. The zero-order valence-electron chi connectivity index (χ0n) is 19.8. The SMILES string of the molecule is CN(C)C1=NC(N)(C2CCC(NCCc3ccc(Br)cc3OC(F)(F)F)CC2)Nc2ccccc21. The van der Waals surface area contributed by atoms with Gasteiger partial charge in [0.1, 0.15) is 11.6 Å². The molecule has 1 fully saturated rings. The minimum absolute atomic E-state index is 0.166. The maximum Gasteiger partial charge on any atom is 0.573 e. The van der Waals surface area contributed by atoms with Gasteiger partial charge in [-0.3, -0.25) is 5.73 Å². The zero-order chi connectivity index (χ0) is 25.2. The number of fused-ring (bicyclic) bond motifs is 1.